The number of aromatic amines is 1. The summed E-state index contributed by atoms with van der Waals surface area (Å²) in [6, 6.07) is 7.24. The van der Waals surface area contributed by atoms with E-state index in [9.17, 15) is 4.79 Å². The van der Waals surface area contributed by atoms with Crippen molar-refractivity contribution in [2.45, 2.75) is 25.5 Å². The highest BCUT2D eigenvalue weighted by Crippen LogP contribution is 2.27. The van der Waals surface area contributed by atoms with E-state index < -0.39 is 5.60 Å². The Morgan fingerprint density at radius 3 is 2.71 bits per heavy atom. The van der Waals surface area contributed by atoms with E-state index in [1.807, 2.05) is 30.2 Å². The van der Waals surface area contributed by atoms with Crippen molar-refractivity contribution >= 4 is 17.5 Å². The average molecular weight is 449 g/mol. The first kappa shape index (κ1) is 22.1. The van der Waals surface area contributed by atoms with Crippen LogP contribution < -0.4 is 4.74 Å². The molecule has 8 nitrogen and oxygen atoms in total. The monoisotopic (exact) mass is 448 g/mol. The molecular formula is C22H29ClN4O4. The minimum Gasteiger partial charge on any atom is -0.491 e. The maximum Gasteiger partial charge on any atom is 0.225 e. The standard InChI is InChI=1S/C22H29ClN4O4/c1-17-18(13-24-25-17)14-26-6-11-31-22(15-26,12-21(28)27-7-9-29-10-8-27)16-30-20-4-2-19(23)3-5-20/h2-5,13H,6-12,14-16H2,1H3,(H,24,25)/t22-/m1/s1. The van der Waals surface area contributed by atoms with E-state index in [-0.39, 0.29) is 18.9 Å². The molecule has 0 unspecified atom stereocenters. The van der Waals surface area contributed by atoms with Gasteiger partial charge in [-0.2, -0.15) is 5.10 Å². The molecule has 1 atom stereocenters. The van der Waals surface area contributed by atoms with Gasteiger partial charge in [0.1, 0.15) is 18.0 Å². The third kappa shape index (κ3) is 5.77. The summed E-state index contributed by atoms with van der Waals surface area (Å²) < 4.78 is 17.7. The van der Waals surface area contributed by atoms with Crippen LogP contribution in [0.25, 0.3) is 0 Å². The third-order valence-corrected chi connectivity index (χ3v) is 6.06. The lowest BCUT2D eigenvalue weighted by Crippen LogP contribution is -2.57. The third-order valence-electron chi connectivity index (χ3n) is 5.81. The van der Waals surface area contributed by atoms with E-state index in [0.717, 1.165) is 24.3 Å². The SMILES string of the molecule is Cc1[nH]ncc1CN1CCO[C@](COc2ccc(Cl)cc2)(CC(=O)N2CCOCC2)C1. The molecule has 2 aliphatic rings. The van der Waals surface area contributed by atoms with E-state index in [2.05, 4.69) is 15.1 Å². The number of aromatic nitrogens is 2. The van der Waals surface area contributed by atoms with Crippen molar-refractivity contribution in [1.82, 2.24) is 20.0 Å². The number of carbonyl (C=O) groups excluding carboxylic acids is 1. The molecule has 2 aliphatic heterocycles. The lowest BCUT2D eigenvalue weighted by molar-refractivity contribution is -0.159. The van der Waals surface area contributed by atoms with Gasteiger partial charge < -0.3 is 19.1 Å². The summed E-state index contributed by atoms with van der Waals surface area (Å²) in [5.74, 6) is 0.776. The fraction of sp³-hybridized carbons (Fsp3) is 0.545. The van der Waals surface area contributed by atoms with Crippen LogP contribution >= 0.6 is 11.6 Å². The Hall–Kier alpha value is -2.13. The molecular weight excluding hydrogens is 420 g/mol. The van der Waals surface area contributed by atoms with Gasteiger partial charge in [0.05, 0.1) is 32.4 Å². The van der Waals surface area contributed by atoms with Crippen molar-refractivity contribution in [3.63, 3.8) is 0 Å². The number of morpholine rings is 2. The van der Waals surface area contributed by atoms with Gasteiger partial charge in [0.15, 0.2) is 0 Å². The average Bonchev–Trinajstić information content (AvgIpc) is 3.18. The second-order valence-corrected chi connectivity index (χ2v) is 8.61. The summed E-state index contributed by atoms with van der Waals surface area (Å²) in [5, 5.41) is 7.77. The zero-order valence-electron chi connectivity index (χ0n) is 17.8. The Bertz CT molecular complexity index is 869. The number of hydrogen-bond acceptors (Lipinski definition) is 6. The van der Waals surface area contributed by atoms with Gasteiger partial charge in [-0.15, -0.1) is 0 Å². The number of halogens is 1. The van der Waals surface area contributed by atoms with Crippen LogP contribution in [0, 0.1) is 6.92 Å². The number of nitrogens with one attached hydrogen (secondary N) is 1. The van der Waals surface area contributed by atoms with Crippen molar-refractivity contribution in [3.8, 4) is 5.75 Å². The largest absolute Gasteiger partial charge is 0.491 e. The predicted molar refractivity (Wildman–Crippen MR) is 116 cm³/mol. The van der Waals surface area contributed by atoms with Crippen molar-refractivity contribution in [1.29, 1.82) is 0 Å². The van der Waals surface area contributed by atoms with Crippen LogP contribution in [-0.4, -0.2) is 84.1 Å². The van der Waals surface area contributed by atoms with Crippen molar-refractivity contribution < 1.29 is 19.0 Å². The smallest absolute Gasteiger partial charge is 0.225 e. The van der Waals surface area contributed by atoms with Crippen molar-refractivity contribution in [2.24, 2.45) is 0 Å². The van der Waals surface area contributed by atoms with Crippen LogP contribution in [0.2, 0.25) is 5.02 Å². The quantitative estimate of drug-likeness (QED) is 0.700. The first-order valence-electron chi connectivity index (χ1n) is 10.6. The van der Waals surface area contributed by atoms with Gasteiger partial charge in [-0.25, -0.2) is 0 Å². The Labute approximate surface area is 187 Å². The number of nitrogens with zero attached hydrogens (tertiary/aromatic N) is 3. The van der Waals surface area contributed by atoms with E-state index >= 15 is 0 Å². The summed E-state index contributed by atoms with van der Waals surface area (Å²) in [6.45, 7) is 7.36. The second-order valence-electron chi connectivity index (χ2n) is 8.17. The van der Waals surface area contributed by atoms with Gasteiger partial charge in [0.25, 0.3) is 0 Å². The van der Waals surface area contributed by atoms with E-state index in [0.29, 0.717) is 50.2 Å². The Morgan fingerprint density at radius 1 is 1.23 bits per heavy atom. The molecule has 0 bridgehead atoms. The summed E-state index contributed by atoms with van der Waals surface area (Å²) >= 11 is 5.99. The van der Waals surface area contributed by atoms with Gasteiger partial charge in [0, 0.05) is 49.0 Å². The topological polar surface area (TPSA) is 79.9 Å². The van der Waals surface area contributed by atoms with Crippen molar-refractivity contribution in [3.05, 3.63) is 46.7 Å². The summed E-state index contributed by atoms with van der Waals surface area (Å²) in [6.07, 6.45) is 2.12. The molecule has 3 heterocycles. The van der Waals surface area contributed by atoms with Gasteiger partial charge >= 0.3 is 0 Å². The maximum absolute atomic E-state index is 13.1. The molecule has 0 radical (unpaired) electrons. The van der Waals surface area contributed by atoms with Crippen LogP contribution in [0.3, 0.4) is 0 Å². The molecule has 2 aromatic rings. The Morgan fingerprint density at radius 2 is 2.00 bits per heavy atom. The molecule has 1 N–H and O–H groups in total. The summed E-state index contributed by atoms with van der Waals surface area (Å²) in [5.41, 5.74) is 1.47. The van der Waals surface area contributed by atoms with E-state index in [1.165, 1.54) is 0 Å². The van der Waals surface area contributed by atoms with Crippen LogP contribution in [0.5, 0.6) is 5.75 Å². The minimum atomic E-state index is -0.731. The number of H-pyrrole nitrogens is 1. The molecule has 0 spiro atoms. The summed E-state index contributed by atoms with van der Waals surface area (Å²) in [7, 11) is 0. The highest BCUT2D eigenvalue weighted by molar-refractivity contribution is 6.30. The molecule has 1 amide bonds. The first-order valence-corrected chi connectivity index (χ1v) is 11.0. The molecule has 0 saturated carbocycles. The van der Waals surface area contributed by atoms with Crippen LogP contribution in [0.1, 0.15) is 17.7 Å². The lowest BCUT2D eigenvalue weighted by Gasteiger charge is -2.43. The molecule has 2 fully saturated rings. The molecule has 1 aromatic heterocycles. The second kappa shape index (κ2) is 9.99. The molecule has 1 aromatic carbocycles. The molecule has 9 heteroatoms. The normalized spacial score (nSPS) is 22.5. The number of benzene rings is 1. The van der Waals surface area contributed by atoms with E-state index in [4.69, 9.17) is 25.8 Å². The number of hydrogen-bond donors (Lipinski definition) is 1. The molecule has 31 heavy (non-hydrogen) atoms. The molecule has 168 valence electrons. The number of rotatable bonds is 7. The van der Waals surface area contributed by atoms with Gasteiger partial charge in [-0.05, 0) is 31.2 Å². The first-order chi connectivity index (χ1) is 15.0. The molecule has 2 saturated heterocycles. The van der Waals surface area contributed by atoms with Crippen LogP contribution in [0.15, 0.2) is 30.5 Å². The van der Waals surface area contributed by atoms with Crippen molar-refractivity contribution in [2.75, 3.05) is 52.6 Å². The van der Waals surface area contributed by atoms with Gasteiger partial charge in [0.2, 0.25) is 5.91 Å². The van der Waals surface area contributed by atoms with Gasteiger partial charge in [-0.3, -0.25) is 14.8 Å². The molecule has 4 rings (SSSR count). The van der Waals surface area contributed by atoms with E-state index in [1.54, 1.807) is 12.1 Å². The number of amides is 1. The number of ether oxygens (including phenoxy) is 3. The highest BCUT2D eigenvalue weighted by Gasteiger charge is 2.41. The minimum absolute atomic E-state index is 0.0735. The number of aryl methyl sites for hydroxylation is 1. The van der Waals surface area contributed by atoms with Crippen LogP contribution in [-0.2, 0) is 20.8 Å². The zero-order valence-corrected chi connectivity index (χ0v) is 18.6. The molecule has 0 aliphatic carbocycles. The number of carbonyl (C=O) groups is 1. The highest BCUT2D eigenvalue weighted by atomic mass is 35.5. The zero-order chi connectivity index (χ0) is 21.7. The van der Waals surface area contributed by atoms with Gasteiger partial charge in [-0.1, -0.05) is 11.6 Å². The predicted octanol–water partition coefficient (Wildman–Crippen LogP) is 2.27. The lowest BCUT2D eigenvalue weighted by atomic mass is 9.96. The van der Waals surface area contributed by atoms with Crippen LogP contribution in [0.4, 0.5) is 0 Å². The fourth-order valence-corrected chi connectivity index (χ4v) is 4.15. The summed E-state index contributed by atoms with van der Waals surface area (Å²) in [4.78, 5) is 17.3. The maximum atomic E-state index is 13.1. The fourth-order valence-electron chi connectivity index (χ4n) is 4.03. The Balaban J connectivity index is 1.48. The Kier molecular flexibility index (Phi) is 7.12.